The van der Waals surface area contributed by atoms with Crippen molar-refractivity contribution in [1.82, 2.24) is 15.0 Å². The van der Waals surface area contributed by atoms with E-state index in [9.17, 15) is 0 Å². The highest BCUT2D eigenvalue weighted by molar-refractivity contribution is 5.79. The van der Waals surface area contributed by atoms with E-state index in [0.29, 0.717) is 0 Å². The number of nitrogens with zero attached hydrogens (tertiary/aromatic N) is 2. The maximum Gasteiger partial charge on any atom is 0.138 e. The summed E-state index contributed by atoms with van der Waals surface area (Å²) in [7, 11) is 1.91. The summed E-state index contributed by atoms with van der Waals surface area (Å²) in [5.41, 5.74) is 5.06. The van der Waals surface area contributed by atoms with Crippen LogP contribution in [0.3, 0.4) is 0 Å². The van der Waals surface area contributed by atoms with Crippen LogP contribution in [-0.4, -0.2) is 22.0 Å². The zero-order valence-corrected chi connectivity index (χ0v) is 10.4. The minimum Gasteiger partial charge on any atom is -0.388 e. The summed E-state index contributed by atoms with van der Waals surface area (Å²) in [5.74, 6) is 0.875. The zero-order chi connectivity index (χ0) is 12.5. The SMILES string of the molecule is CNc1ccc(-c2nc3cc(C)ncc3[nH]2)cc1. The Bertz CT molecular complexity index is 683. The fraction of sp³-hybridized carbons (Fsp3) is 0.143. The number of aromatic amines is 1. The van der Waals surface area contributed by atoms with Crippen molar-refractivity contribution in [3.8, 4) is 11.4 Å². The largest absolute Gasteiger partial charge is 0.388 e. The molecule has 0 atom stereocenters. The van der Waals surface area contributed by atoms with Crippen molar-refractivity contribution >= 4 is 16.7 Å². The van der Waals surface area contributed by atoms with E-state index in [4.69, 9.17) is 0 Å². The van der Waals surface area contributed by atoms with Gasteiger partial charge in [0, 0.05) is 24.0 Å². The summed E-state index contributed by atoms with van der Waals surface area (Å²) >= 11 is 0. The van der Waals surface area contributed by atoms with Crippen LogP contribution in [0.25, 0.3) is 22.4 Å². The molecule has 0 aliphatic carbocycles. The van der Waals surface area contributed by atoms with E-state index < -0.39 is 0 Å². The highest BCUT2D eigenvalue weighted by Gasteiger charge is 2.05. The normalized spacial score (nSPS) is 10.8. The van der Waals surface area contributed by atoms with Crippen molar-refractivity contribution in [3.05, 3.63) is 42.2 Å². The van der Waals surface area contributed by atoms with Crippen LogP contribution >= 0.6 is 0 Å². The lowest BCUT2D eigenvalue weighted by Gasteiger charge is -2.00. The third-order valence-corrected chi connectivity index (χ3v) is 2.95. The summed E-state index contributed by atoms with van der Waals surface area (Å²) in [6.45, 7) is 1.97. The van der Waals surface area contributed by atoms with Crippen molar-refractivity contribution in [2.75, 3.05) is 12.4 Å². The van der Waals surface area contributed by atoms with Gasteiger partial charge in [0.1, 0.15) is 5.82 Å². The number of imidazole rings is 1. The Balaban J connectivity index is 2.07. The minimum atomic E-state index is 0.875. The predicted molar refractivity (Wildman–Crippen MR) is 73.6 cm³/mol. The number of fused-ring (bicyclic) bond motifs is 1. The number of hydrogen-bond acceptors (Lipinski definition) is 3. The molecule has 0 saturated heterocycles. The number of nitrogens with one attached hydrogen (secondary N) is 2. The number of aromatic nitrogens is 3. The molecule has 3 aromatic rings. The number of rotatable bonds is 2. The second-order valence-electron chi connectivity index (χ2n) is 4.26. The van der Waals surface area contributed by atoms with E-state index in [-0.39, 0.29) is 0 Å². The van der Waals surface area contributed by atoms with Gasteiger partial charge in [-0.15, -0.1) is 0 Å². The molecule has 4 nitrogen and oxygen atoms in total. The molecular weight excluding hydrogens is 224 g/mol. The van der Waals surface area contributed by atoms with Gasteiger partial charge in [-0.25, -0.2) is 4.98 Å². The molecule has 2 aromatic heterocycles. The molecule has 1 aromatic carbocycles. The van der Waals surface area contributed by atoms with Gasteiger partial charge in [0.15, 0.2) is 0 Å². The quantitative estimate of drug-likeness (QED) is 0.721. The molecule has 0 saturated carbocycles. The van der Waals surface area contributed by atoms with Crippen molar-refractivity contribution in [2.45, 2.75) is 6.92 Å². The average molecular weight is 238 g/mol. The number of H-pyrrole nitrogens is 1. The van der Waals surface area contributed by atoms with Gasteiger partial charge in [-0.2, -0.15) is 0 Å². The smallest absolute Gasteiger partial charge is 0.138 e. The Morgan fingerprint density at radius 3 is 2.67 bits per heavy atom. The van der Waals surface area contributed by atoms with Crippen LogP contribution < -0.4 is 5.32 Å². The third-order valence-electron chi connectivity index (χ3n) is 2.95. The molecule has 0 bridgehead atoms. The first-order valence-electron chi connectivity index (χ1n) is 5.87. The van der Waals surface area contributed by atoms with Crippen molar-refractivity contribution in [1.29, 1.82) is 0 Å². The Morgan fingerprint density at radius 2 is 1.94 bits per heavy atom. The fourth-order valence-electron chi connectivity index (χ4n) is 1.94. The molecule has 0 radical (unpaired) electrons. The van der Waals surface area contributed by atoms with Gasteiger partial charge in [-0.3, -0.25) is 4.98 Å². The van der Waals surface area contributed by atoms with Crippen LogP contribution in [-0.2, 0) is 0 Å². The zero-order valence-electron chi connectivity index (χ0n) is 10.4. The Hall–Kier alpha value is -2.36. The topological polar surface area (TPSA) is 53.6 Å². The molecule has 2 N–H and O–H groups in total. The third kappa shape index (κ3) is 1.82. The van der Waals surface area contributed by atoms with Crippen molar-refractivity contribution in [2.24, 2.45) is 0 Å². The van der Waals surface area contributed by atoms with E-state index in [2.05, 4.69) is 20.3 Å². The van der Waals surface area contributed by atoms with Gasteiger partial charge in [0.05, 0.1) is 17.2 Å². The molecule has 0 aliphatic heterocycles. The van der Waals surface area contributed by atoms with Gasteiger partial charge < -0.3 is 10.3 Å². The van der Waals surface area contributed by atoms with Gasteiger partial charge in [-0.1, -0.05) is 0 Å². The maximum absolute atomic E-state index is 4.58. The van der Waals surface area contributed by atoms with Crippen LogP contribution in [0, 0.1) is 6.92 Å². The number of benzene rings is 1. The van der Waals surface area contributed by atoms with Crippen LogP contribution in [0.15, 0.2) is 36.5 Å². The number of aryl methyl sites for hydroxylation is 1. The van der Waals surface area contributed by atoms with E-state index >= 15 is 0 Å². The summed E-state index contributed by atoms with van der Waals surface area (Å²) < 4.78 is 0. The second-order valence-corrected chi connectivity index (χ2v) is 4.26. The Kier molecular flexibility index (Phi) is 2.48. The average Bonchev–Trinajstić information content (AvgIpc) is 2.81. The van der Waals surface area contributed by atoms with Crippen LogP contribution in [0.5, 0.6) is 0 Å². The molecule has 0 aliphatic rings. The molecule has 0 unspecified atom stereocenters. The number of anilines is 1. The lowest BCUT2D eigenvalue weighted by molar-refractivity contribution is 1.22. The highest BCUT2D eigenvalue weighted by Crippen LogP contribution is 2.21. The van der Waals surface area contributed by atoms with Gasteiger partial charge in [0.2, 0.25) is 0 Å². The van der Waals surface area contributed by atoms with Crippen molar-refractivity contribution < 1.29 is 0 Å². The minimum absolute atomic E-state index is 0.875. The monoisotopic (exact) mass is 238 g/mol. The maximum atomic E-state index is 4.58. The summed E-state index contributed by atoms with van der Waals surface area (Å²) in [6.07, 6.45) is 1.82. The van der Waals surface area contributed by atoms with E-state index in [1.54, 1.807) is 0 Å². The molecular formula is C14H14N4. The van der Waals surface area contributed by atoms with E-state index in [1.807, 2.05) is 50.5 Å². The first-order valence-corrected chi connectivity index (χ1v) is 5.87. The number of hydrogen-bond donors (Lipinski definition) is 2. The highest BCUT2D eigenvalue weighted by atomic mass is 14.9. The van der Waals surface area contributed by atoms with Crippen LogP contribution in [0.1, 0.15) is 5.69 Å². The standard InChI is InChI=1S/C14H14N4/c1-9-7-12-13(8-16-9)18-14(17-12)10-3-5-11(15-2)6-4-10/h3-8,15H,1-2H3,(H,17,18). The predicted octanol–water partition coefficient (Wildman–Crippen LogP) is 2.98. The molecule has 4 heteroatoms. The fourth-order valence-corrected chi connectivity index (χ4v) is 1.94. The van der Waals surface area contributed by atoms with Gasteiger partial charge in [-0.05, 0) is 37.3 Å². The second kappa shape index (κ2) is 4.14. The van der Waals surface area contributed by atoms with Crippen LogP contribution in [0.2, 0.25) is 0 Å². The Labute approximate surface area is 105 Å². The molecule has 0 amide bonds. The summed E-state index contributed by atoms with van der Waals surface area (Å²) in [4.78, 5) is 12.1. The lowest BCUT2D eigenvalue weighted by Crippen LogP contribution is -1.87. The first kappa shape index (κ1) is 10.8. The molecule has 3 rings (SSSR count). The van der Waals surface area contributed by atoms with E-state index in [1.165, 1.54) is 0 Å². The van der Waals surface area contributed by atoms with Crippen molar-refractivity contribution in [3.63, 3.8) is 0 Å². The summed E-state index contributed by atoms with van der Waals surface area (Å²) in [5, 5.41) is 3.10. The van der Waals surface area contributed by atoms with Crippen LogP contribution in [0.4, 0.5) is 5.69 Å². The van der Waals surface area contributed by atoms with E-state index in [0.717, 1.165) is 33.8 Å². The number of pyridine rings is 1. The lowest BCUT2D eigenvalue weighted by atomic mass is 10.2. The van der Waals surface area contributed by atoms with Gasteiger partial charge in [0.25, 0.3) is 0 Å². The molecule has 18 heavy (non-hydrogen) atoms. The Morgan fingerprint density at radius 1 is 1.17 bits per heavy atom. The molecule has 0 spiro atoms. The molecule has 2 heterocycles. The first-order chi connectivity index (χ1) is 8.76. The molecule has 0 fully saturated rings. The molecule has 90 valence electrons. The summed E-state index contributed by atoms with van der Waals surface area (Å²) in [6, 6.07) is 10.1. The van der Waals surface area contributed by atoms with Gasteiger partial charge >= 0.3 is 0 Å².